The number of hydrogen-bond donors (Lipinski definition) is 1. The van der Waals surface area contributed by atoms with Gasteiger partial charge in [0.25, 0.3) is 0 Å². The molecule has 3 nitrogen and oxygen atoms in total. The van der Waals surface area contributed by atoms with E-state index in [1.165, 1.54) is 0 Å². The molecule has 0 radical (unpaired) electrons. The molecule has 0 saturated heterocycles. The summed E-state index contributed by atoms with van der Waals surface area (Å²) in [6, 6.07) is 13.7. The van der Waals surface area contributed by atoms with Crippen molar-refractivity contribution in [2.75, 3.05) is 18.1 Å². The highest BCUT2D eigenvalue weighted by Crippen LogP contribution is 2.31. The van der Waals surface area contributed by atoms with Crippen LogP contribution in [0.4, 0.5) is 5.69 Å². The average molecular weight is 290 g/mol. The topological polar surface area (TPSA) is 32.7 Å². The number of anilines is 1. The molecule has 0 saturated carbocycles. The first-order valence-electron chi connectivity index (χ1n) is 6.63. The number of benzene rings is 2. The highest BCUT2D eigenvalue weighted by atomic mass is 35.5. The fourth-order valence-electron chi connectivity index (χ4n) is 2.44. The summed E-state index contributed by atoms with van der Waals surface area (Å²) in [5.41, 5.74) is 2.96. The van der Waals surface area contributed by atoms with E-state index >= 15 is 0 Å². The lowest BCUT2D eigenvalue weighted by molar-refractivity contribution is 0.282. The number of hydrogen-bond acceptors (Lipinski definition) is 3. The van der Waals surface area contributed by atoms with Crippen molar-refractivity contribution in [1.82, 2.24) is 0 Å². The Kier molecular flexibility index (Phi) is 3.81. The van der Waals surface area contributed by atoms with Gasteiger partial charge in [-0.05, 0) is 23.8 Å². The maximum atomic E-state index is 9.15. The fourth-order valence-corrected chi connectivity index (χ4v) is 2.76. The second-order valence-electron chi connectivity index (χ2n) is 4.82. The molecule has 0 spiro atoms. The molecule has 0 bridgehead atoms. The van der Waals surface area contributed by atoms with Gasteiger partial charge >= 0.3 is 0 Å². The van der Waals surface area contributed by atoms with Crippen LogP contribution in [0.15, 0.2) is 42.5 Å². The third kappa shape index (κ3) is 2.60. The van der Waals surface area contributed by atoms with E-state index in [-0.39, 0.29) is 6.61 Å². The lowest BCUT2D eigenvalue weighted by Gasteiger charge is -2.23. The predicted molar refractivity (Wildman–Crippen MR) is 80.4 cm³/mol. The normalized spacial score (nSPS) is 14.4. The minimum absolute atomic E-state index is 0.00590. The minimum Gasteiger partial charge on any atom is -0.491 e. The number of ether oxygens (including phenoxy) is 1. The number of para-hydroxylation sites is 1. The zero-order chi connectivity index (χ0) is 13.9. The van der Waals surface area contributed by atoms with Gasteiger partial charge in [0.2, 0.25) is 0 Å². The van der Waals surface area contributed by atoms with E-state index in [1.54, 1.807) is 0 Å². The van der Waals surface area contributed by atoms with E-state index in [9.17, 15) is 0 Å². The van der Waals surface area contributed by atoms with Gasteiger partial charge < -0.3 is 14.7 Å². The molecule has 1 aliphatic heterocycles. The Bertz CT molecular complexity index is 615. The second-order valence-corrected chi connectivity index (χ2v) is 5.23. The zero-order valence-electron chi connectivity index (χ0n) is 11.1. The van der Waals surface area contributed by atoms with Crippen molar-refractivity contribution < 1.29 is 9.84 Å². The van der Waals surface area contributed by atoms with Crippen molar-refractivity contribution in [2.24, 2.45) is 0 Å². The van der Waals surface area contributed by atoms with E-state index in [0.717, 1.165) is 35.7 Å². The highest BCUT2D eigenvalue weighted by molar-refractivity contribution is 6.33. The predicted octanol–water partition coefficient (Wildman–Crippen LogP) is 3.23. The molecule has 4 heteroatoms. The van der Waals surface area contributed by atoms with Crippen molar-refractivity contribution in [3.8, 4) is 5.75 Å². The molecule has 0 amide bonds. The summed E-state index contributed by atoms with van der Waals surface area (Å²) < 4.78 is 5.76. The Morgan fingerprint density at radius 2 is 2.05 bits per heavy atom. The molecule has 0 unspecified atom stereocenters. The SMILES string of the molecule is OCc1ccc(N2CCOc3ccccc3C2)c(Cl)c1. The maximum absolute atomic E-state index is 9.15. The lowest BCUT2D eigenvalue weighted by Crippen LogP contribution is -2.25. The van der Waals surface area contributed by atoms with Crippen LogP contribution in [0.3, 0.4) is 0 Å². The van der Waals surface area contributed by atoms with Gasteiger partial charge in [0.15, 0.2) is 0 Å². The third-order valence-electron chi connectivity index (χ3n) is 3.49. The molecule has 104 valence electrons. The first kappa shape index (κ1) is 13.3. The number of nitrogens with zero attached hydrogens (tertiary/aromatic N) is 1. The largest absolute Gasteiger partial charge is 0.491 e. The first-order chi connectivity index (χ1) is 9.78. The molecule has 2 aromatic carbocycles. The monoisotopic (exact) mass is 289 g/mol. The Morgan fingerprint density at radius 1 is 1.20 bits per heavy atom. The molecule has 0 fully saturated rings. The zero-order valence-corrected chi connectivity index (χ0v) is 11.8. The van der Waals surface area contributed by atoms with Crippen molar-refractivity contribution >= 4 is 17.3 Å². The van der Waals surface area contributed by atoms with E-state index in [4.69, 9.17) is 21.4 Å². The van der Waals surface area contributed by atoms with E-state index in [2.05, 4.69) is 11.0 Å². The van der Waals surface area contributed by atoms with Crippen LogP contribution in [0.25, 0.3) is 0 Å². The maximum Gasteiger partial charge on any atom is 0.124 e. The fraction of sp³-hybridized carbons (Fsp3) is 0.250. The molecule has 0 atom stereocenters. The Balaban J connectivity index is 1.91. The van der Waals surface area contributed by atoms with E-state index < -0.39 is 0 Å². The van der Waals surface area contributed by atoms with Crippen molar-refractivity contribution in [2.45, 2.75) is 13.2 Å². The van der Waals surface area contributed by atoms with Crippen LogP contribution in [0.1, 0.15) is 11.1 Å². The van der Waals surface area contributed by atoms with Crippen molar-refractivity contribution in [3.63, 3.8) is 0 Å². The smallest absolute Gasteiger partial charge is 0.124 e. The third-order valence-corrected chi connectivity index (χ3v) is 3.79. The summed E-state index contributed by atoms with van der Waals surface area (Å²) in [7, 11) is 0. The van der Waals surface area contributed by atoms with Crippen LogP contribution < -0.4 is 9.64 Å². The van der Waals surface area contributed by atoms with E-state index in [0.29, 0.717) is 11.6 Å². The van der Waals surface area contributed by atoms with Crippen LogP contribution in [0, 0.1) is 0 Å². The molecular weight excluding hydrogens is 274 g/mol. The quantitative estimate of drug-likeness (QED) is 0.921. The number of halogens is 1. The second kappa shape index (κ2) is 5.73. The molecule has 0 aromatic heterocycles. The van der Waals surface area contributed by atoms with Gasteiger partial charge in [0.1, 0.15) is 12.4 Å². The number of fused-ring (bicyclic) bond motifs is 1. The summed E-state index contributed by atoms with van der Waals surface area (Å²) in [6.45, 7) is 2.20. The van der Waals surface area contributed by atoms with Crippen molar-refractivity contribution in [1.29, 1.82) is 0 Å². The molecule has 1 heterocycles. The van der Waals surface area contributed by atoms with Crippen LogP contribution >= 0.6 is 11.6 Å². The van der Waals surface area contributed by atoms with Crippen LogP contribution in [0.5, 0.6) is 5.75 Å². The van der Waals surface area contributed by atoms with Gasteiger partial charge in [-0.1, -0.05) is 35.9 Å². The van der Waals surface area contributed by atoms with Gasteiger partial charge in [-0.3, -0.25) is 0 Å². The Hall–Kier alpha value is -1.71. The minimum atomic E-state index is 0.00590. The van der Waals surface area contributed by atoms with Crippen LogP contribution in [0.2, 0.25) is 5.02 Å². The summed E-state index contributed by atoms with van der Waals surface area (Å²) in [4.78, 5) is 2.20. The van der Waals surface area contributed by atoms with E-state index in [1.807, 2.05) is 36.4 Å². The molecular formula is C16H16ClNO2. The van der Waals surface area contributed by atoms with Gasteiger partial charge in [0, 0.05) is 12.1 Å². The Morgan fingerprint density at radius 3 is 2.85 bits per heavy atom. The molecule has 2 aromatic rings. The Labute approximate surface area is 123 Å². The van der Waals surface area contributed by atoms with Crippen molar-refractivity contribution in [3.05, 3.63) is 58.6 Å². The standard InChI is InChI=1S/C16H16ClNO2/c17-14-9-12(11-19)5-6-15(14)18-7-8-20-16-4-2-1-3-13(16)10-18/h1-6,9,19H,7-8,10-11H2. The van der Waals surface area contributed by atoms with Gasteiger partial charge in [-0.2, -0.15) is 0 Å². The van der Waals surface area contributed by atoms with Crippen LogP contribution in [-0.2, 0) is 13.2 Å². The molecule has 3 rings (SSSR count). The first-order valence-corrected chi connectivity index (χ1v) is 7.00. The number of aliphatic hydroxyl groups is 1. The number of aliphatic hydroxyl groups excluding tert-OH is 1. The summed E-state index contributed by atoms with van der Waals surface area (Å²) in [5.74, 6) is 0.943. The molecule has 20 heavy (non-hydrogen) atoms. The molecule has 0 aliphatic carbocycles. The van der Waals surface area contributed by atoms with Gasteiger partial charge in [-0.25, -0.2) is 0 Å². The number of rotatable bonds is 2. The summed E-state index contributed by atoms with van der Waals surface area (Å²) >= 11 is 6.33. The van der Waals surface area contributed by atoms with Gasteiger partial charge in [-0.15, -0.1) is 0 Å². The summed E-state index contributed by atoms with van der Waals surface area (Å²) in [5, 5.41) is 9.81. The highest BCUT2D eigenvalue weighted by Gasteiger charge is 2.17. The van der Waals surface area contributed by atoms with Crippen LogP contribution in [-0.4, -0.2) is 18.3 Å². The summed E-state index contributed by atoms with van der Waals surface area (Å²) in [6.07, 6.45) is 0. The lowest BCUT2D eigenvalue weighted by atomic mass is 10.1. The van der Waals surface area contributed by atoms with Gasteiger partial charge in [0.05, 0.1) is 23.9 Å². The molecule has 1 N–H and O–H groups in total. The molecule has 1 aliphatic rings. The average Bonchev–Trinajstić information content (AvgIpc) is 2.69.